The second-order valence-electron chi connectivity index (χ2n) is 5.33. The van der Waals surface area contributed by atoms with E-state index < -0.39 is 0 Å². The first kappa shape index (κ1) is 14.9. The summed E-state index contributed by atoms with van der Waals surface area (Å²) in [4.78, 5) is 0. The fraction of sp³-hybridized carbons (Fsp3) is 0.600. The van der Waals surface area contributed by atoms with Gasteiger partial charge >= 0.3 is 0 Å². The van der Waals surface area contributed by atoms with Crippen molar-refractivity contribution >= 4 is 15.9 Å². The Morgan fingerprint density at radius 3 is 3.00 bits per heavy atom. The van der Waals surface area contributed by atoms with Gasteiger partial charge in [-0.15, -0.1) is 0 Å². The molecule has 2 rings (SSSR count). The van der Waals surface area contributed by atoms with E-state index in [0.717, 1.165) is 51.1 Å². The standard InChI is InChI=1S/C15H21BrFNO/c1-2-18-10-15(7-4-8-19-11-15)9-12-5-3-6-13(17)14(12)16/h3,5-6,18H,2,4,7-11H2,1H3. The fourth-order valence-corrected chi connectivity index (χ4v) is 3.14. The highest BCUT2D eigenvalue weighted by Crippen LogP contribution is 2.34. The van der Waals surface area contributed by atoms with Gasteiger partial charge in [-0.1, -0.05) is 19.1 Å². The minimum absolute atomic E-state index is 0.0879. The van der Waals surface area contributed by atoms with Crippen LogP contribution in [0.1, 0.15) is 25.3 Å². The third-order valence-corrected chi connectivity index (χ3v) is 4.64. The van der Waals surface area contributed by atoms with E-state index in [1.54, 1.807) is 6.07 Å². The van der Waals surface area contributed by atoms with Gasteiger partial charge in [0.25, 0.3) is 0 Å². The number of halogens is 2. The molecule has 2 nitrogen and oxygen atoms in total. The summed E-state index contributed by atoms with van der Waals surface area (Å²) in [6.45, 7) is 5.58. The first-order chi connectivity index (χ1) is 9.17. The van der Waals surface area contributed by atoms with E-state index in [4.69, 9.17) is 4.74 Å². The quantitative estimate of drug-likeness (QED) is 0.892. The molecule has 0 aliphatic carbocycles. The molecule has 1 fully saturated rings. The van der Waals surface area contributed by atoms with E-state index in [-0.39, 0.29) is 11.2 Å². The lowest BCUT2D eigenvalue weighted by Gasteiger charge is -2.37. The zero-order valence-electron chi connectivity index (χ0n) is 11.3. The van der Waals surface area contributed by atoms with Crippen LogP contribution in [0.2, 0.25) is 0 Å². The summed E-state index contributed by atoms with van der Waals surface area (Å²) in [5.41, 5.74) is 1.12. The zero-order chi connectivity index (χ0) is 13.7. The minimum atomic E-state index is -0.187. The number of benzene rings is 1. The van der Waals surface area contributed by atoms with Crippen LogP contribution in [0.4, 0.5) is 4.39 Å². The van der Waals surface area contributed by atoms with Gasteiger partial charge in [-0.3, -0.25) is 0 Å². The van der Waals surface area contributed by atoms with E-state index in [2.05, 4.69) is 28.2 Å². The van der Waals surface area contributed by atoms with Crippen molar-refractivity contribution in [3.63, 3.8) is 0 Å². The van der Waals surface area contributed by atoms with Crippen LogP contribution >= 0.6 is 15.9 Å². The molecule has 1 atom stereocenters. The molecule has 0 saturated carbocycles. The molecule has 4 heteroatoms. The first-order valence-corrected chi connectivity index (χ1v) is 7.67. The summed E-state index contributed by atoms with van der Waals surface area (Å²) in [6, 6.07) is 5.26. The topological polar surface area (TPSA) is 21.3 Å². The maximum absolute atomic E-state index is 13.6. The Labute approximate surface area is 122 Å². The van der Waals surface area contributed by atoms with Crippen LogP contribution in [0.25, 0.3) is 0 Å². The Morgan fingerprint density at radius 1 is 1.47 bits per heavy atom. The molecule has 1 aromatic rings. The van der Waals surface area contributed by atoms with Gasteiger partial charge < -0.3 is 10.1 Å². The average Bonchev–Trinajstić information content (AvgIpc) is 2.43. The molecule has 1 aromatic carbocycles. The monoisotopic (exact) mass is 329 g/mol. The smallest absolute Gasteiger partial charge is 0.137 e. The number of rotatable bonds is 5. The molecule has 1 heterocycles. The van der Waals surface area contributed by atoms with Gasteiger partial charge in [0.05, 0.1) is 11.1 Å². The van der Waals surface area contributed by atoms with Crippen molar-refractivity contribution in [3.8, 4) is 0 Å². The second-order valence-corrected chi connectivity index (χ2v) is 6.12. The van der Waals surface area contributed by atoms with Crippen molar-refractivity contribution in [1.29, 1.82) is 0 Å². The predicted octanol–water partition coefficient (Wildman–Crippen LogP) is 3.54. The fourth-order valence-electron chi connectivity index (χ4n) is 2.73. The molecule has 1 N–H and O–H groups in total. The van der Waals surface area contributed by atoms with Crippen molar-refractivity contribution in [2.24, 2.45) is 5.41 Å². The number of hydrogen-bond donors (Lipinski definition) is 1. The lowest BCUT2D eigenvalue weighted by molar-refractivity contribution is -0.00702. The molecule has 0 spiro atoms. The molecule has 0 amide bonds. The molecule has 1 saturated heterocycles. The lowest BCUT2D eigenvalue weighted by Crippen LogP contribution is -2.42. The molecule has 0 bridgehead atoms. The Hall–Kier alpha value is -0.450. The Morgan fingerprint density at radius 2 is 2.32 bits per heavy atom. The second kappa shape index (κ2) is 6.82. The summed E-state index contributed by atoms with van der Waals surface area (Å²) in [6.07, 6.45) is 3.06. The third-order valence-electron chi connectivity index (χ3n) is 3.75. The Bertz CT molecular complexity index is 419. The summed E-state index contributed by atoms with van der Waals surface area (Å²) in [5.74, 6) is -0.187. The molecular weight excluding hydrogens is 309 g/mol. The van der Waals surface area contributed by atoms with E-state index in [1.165, 1.54) is 6.07 Å². The Balaban J connectivity index is 2.17. The van der Waals surface area contributed by atoms with E-state index >= 15 is 0 Å². The van der Waals surface area contributed by atoms with Gasteiger partial charge in [-0.25, -0.2) is 4.39 Å². The van der Waals surface area contributed by atoms with E-state index in [1.807, 2.05) is 6.07 Å². The molecule has 1 aliphatic rings. The summed E-state index contributed by atoms with van der Waals surface area (Å²) >= 11 is 3.36. The van der Waals surface area contributed by atoms with E-state index in [0.29, 0.717) is 4.47 Å². The molecular formula is C15H21BrFNO. The maximum atomic E-state index is 13.6. The number of nitrogens with one attached hydrogen (secondary N) is 1. The number of hydrogen-bond acceptors (Lipinski definition) is 2. The normalized spacial score (nSPS) is 23.5. The van der Waals surface area contributed by atoms with Gasteiger partial charge in [0.1, 0.15) is 5.82 Å². The van der Waals surface area contributed by atoms with Gasteiger partial charge in [0.2, 0.25) is 0 Å². The number of ether oxygens (including phenoxy) is 1. The van der Waals surface area contributed by atoms with Crippen LogP contribution in [0.5, 0.6) is 0 Å². The highest BCUT2D eigenvalue weighted by Gasteiger charge is 2.33. The van der Waals surface area contributed by atoms with Crippen LogP contribution in [0.15, 0.2) is 22.7 Å². The van der Waals surface area contributed by atoms with Crippen molar-refractivity contribution in [2.75, 3.05) is 26.3 Å². The molecule has 0 aromatic heterocycles. The van der Waals surface area contributed by atoms with Crippen LogP contribution < -0.4 is 5.32 Å². The predicted molar refractivity (Wildman–Crippen MR) is 78.8 cm³/mol. The maximum Gasteiger partial charge on any atom is 0.137 e. The summed E-state index contributed by atoms with van der Waals surface area (Å²) in [5, 5.41) is 3.42. The van der Waals surface area contributed by atoms with Crippen molar-refractivity contribution in [3.05, 3.63) is 34.1 Å². The van der Waals surface area contributed by atoms with Gasteiger partial charge in [-0.2, -0.15) is 0 Å². The van der Waals surface area contributed by atoms with Crippen LogP contribution in [0.3, 0.4) is 0 Å². The zero-order valence-corrected chi connectivity index (χ0v) is 12.9. The minimum Gasteiger partial charge on any atom is -0.381 e. The molecule has 106 valence electrons. The molecule has 1 unspecified atom stereocenters. The van der Waals surface area contributed by atoms with Gasteiger partial charge in [0.15, 0.2) is 0 Å². The molecule has 0 radical (unpaired) electrons. The van der Waals surface area contributed by atoms with Crippen LogP contribution in [-0.2, 0) is 11.2 Å². The van der Waals surface area contributed by atoms with Crippen molar-refractivity contribution < 1.29 is 9.13 Å². The summed E-state index contributed by atoms with van der Waals surface area (Å²) in [7, 11) is 0. The van der Waals surface area contributed by atoms with Gasteiger partial charge in [0, 0.05) is 18.6 Å². The molecule has 1 aliphatic heterocycles. The first-order valence-electron chi connectivity index (χ1n) is 6.88. The van der Waals surface area contributed by atoms with E-state index in [9.17, 15) is 4.39 Å². The van der Waals surface area contributed by atoms with Gasteiger partial charge in [-0.05, 0) is 53.4 Å². The Kier molecular flexibility index (Phi) is 5.37. The molecule has 19 heavy (non-hydrogen) atoms. The van der Waals surface area contributed by atoms with Crippen LogP contribution in [-0.4, -0.2) is 26.3 Å². The third kappa shape index (κ3) is 3.77. The van der Waals surface area contributed by atoms with Crippen molar-refractivity contribution in [2.45, 2.75) is 26.2 Å². The summed E-state index contributed by atoms with van der Waals surface area (Å²) < 4.78 is 19.9. The largest absolute Gasteiger partial charge is 0.381 e. The lowest BCUT2D eigenvalue weighted by atomic mass is 9.77. The average molecular weight is 330 g/mol. The van der Waals surface area contributed by atoms with Crippen LogP contribution in [0, 0.1) is 11.2 Å². The SMILES string of the molecule is CCNCC1(Cc2cccc(F)c2Br)CCCOC1. The highest BCUT2D eigenvalue weighted by atomic mass is 79.9. The highest BCUT2D eigenvalue weighted by molar-refractivity contribution is 9.10. The van der Waals surface area contributed by atoms with Crippen molar-refractivity contribution in [1.82, 2.24) is 5.32 Å².